The quantitative estimate of drug-likeness (QED) is 0.156. The zero-order valence-corrected chi connectivity index (χ0v) is 18.9. The number of esters is 1. The predicted molar refractivity (Wildman–Crippen MR) is 121 cm³/mol. The number of ether oxygens (including phenoxy) is 1. The number of aryl methyl sites for hydroxylation is 1. The van der Waals surface area contributed by atoms with E-state index in [1.54, 1.807) is 43.3 Å². The summed E-state index contributed by atoms with van der Waals surface area (Å²) in [5, 5.41) is 13.4. The van der Waals surface area contributed by atoms with Crippen LogP contribution in [0.4, 0.5) is 0 Å². The number of amides is 1. The number of nitrogen functional groups attached to an aromatic ring is 1. The molecule has 11 nitrogen and oxygen atoms in total. The Morgan fingerprint density at radius 1 is 1.21 bits per heavy atom. The predicted octanol–water partition coefficient (Wildman–Crippen LogP) is 0.266. The lowest BCUT2D eigenvalue weighted by Crippen LogP contribution is -2.49. The molecule has 0 aromatic heterocycles. The summed E-state index contributed by atoms with van der Waals surface area (Å²) in [6.07, 6.45) is 1.37. The fourth-order valence-electron chi connectivity index (χ4n) is 2.56. The van der Waals surface area contributed by atoms with E-state index in [9.17, 15) is 18.0 Å². The SMILES string of the molecule is COC(=O)[C@H](CNC(=O)CON=Cc1ccc(C(=N)N)cc1)NS(=O)(=O)c1cccc(C)c1. The fourth-order valence-corrected chi connectivity index (χ4v) is 3.85. The molecule has 2 rings (SSSR count). The first-order valence-electron chi connectivity index (χ1n) is 9.65. The first-order valence-corrected chi connectivity index (χ1v) is 11.1. The summed E-state index contributed by atoms with van der Waals surface area (Å²) in [6, 6.07) is 11.4. The van der Waals surface area contributed by atoms with Gasteiger partial charge >= 0.3 is 5.97 Å². The van der Waals surface area contributed by atoms with E-state index in [0.29, 0.717) is 11.1 Å². The van der Waals surface area contributed by atoms with E-state index in [2.05, 4.69) is 19.9 Å². The lowest BCUT2D eigenvalue weighted by Gasteiger charge is -2.17. The molecule has 0 fully saturated rings. The average Bonchev–Trinajstić information content (AvgIpc) is 2.79. The van der Waals surface area contributed by atoms with Gasteiger partial charge in [0.05, 0.1) is 18.2 Å². The number of rotatable bonds is 11. The lowest BCUT2D eigenvalue weighted by atomic mass is 10.1. The number of methoxy groups -OCH3 is 1. The highest BCUT2D eigenvalue weighted by molar-refractivity contribution is 7.89. The number of carbonyl (C=O) groups excluding carboxylic acids is 2. The second-order valence-electron chi connectivity index (χ2n) is 6.86. The van der Waals surface area contributed by atoms with Crippen molar-refractivity contribution >= 4 is 33.9 Å². The Bertz CT molecular complexity index is 1130. The van der Waals surface area contributed by atoms with Gasteiger partial charge < -0.3 is 20.6 Å². The molecule has 0 bridgehead atoms. The maximum absolute atomic E-state index is 12.6. The Balaban J connectivity index is 1.89. The van der Waals surface area contributed by atoms with Crippen LogP contribution in [0.15, 0.2) is 58.6 Å². The van der Waals surface area contributed by atoms with Crippen LogP contribution in [-0.2, 0) is 29.2 Å². The number of carbonyl (C=O) groups is 2. The van der Waals surface area contributed by atoms with Gasteiger partial charge in [-0.3, -0.25) is 15.0 Å². The standard InChI is InChI=1S/C21H25N5O6S/c1-14-4-3-5-17(10-14)33(29,30)26-18(21(28)31-2)12-24-19(27)13-32-25-11-15-6-8-16(9-7-15)20(22)23/h3-11,18,26H,12-13H2,1-2H3,(H3,22,23)(H,24,27)/t18-/m0/s1. The molecule has 176 valence electrons. The van der Waals surface area contributed by atoms with E-state index in [-0.39, 0.29) is 17.3 Å². The van der Waals surface area contributed by atoms with Crippen LogP contribution in [0.5, 0.6) is 0 Å². The number of benzene rings is 2. The van der Waals surface area contributed by atoms with Crippen molar-refractivity contribution in [2.45, 2.75) is 17.9 Å². The molecule has 33 heavy (non-hydrogen) atoms. The molecule has 0 aliphatic heterocycles. The van der Waals surface area contributed by atoms with Gasteiger partial charge in [0, 0.05) is 12.1 Å². The van der Waals surface area contributed by atoms with Crippen LogP contribution in [0.2, 0.25) is 0 Å². The molecule has 12 heteroatoms. The number of nitrogens with zero attached hydrogens (tertiary/aromatic N) is 1. The van der Waals surface area contributed by atoms with Crippen LogP contribution in [-0.4, -0.2) is 58.6 Å². The number of sulfonamides is 1. The van der Waals surface area contributed by atoms with Gasteiger partial charge in [-0.25, -0.2) is 8.42 Å². The van der Waals surface area contributed by atoms with Gasteiger partial charge in [0.2, 0.25) is 10.0 Å². The molecule has 0 spiro atoms. The van der Waals surface area contributed by atoms with Crippen molar-refractivity contribution in [1.82, 2.24) is 10.0 Å². The minimum Gasteiger partial charge on any atom is -0.468 e. The van der Waals surface area contributed by atoms with Crippen LogP contribution >= 0.6 is 0 Å². The molecule has 0 saturated carbocycles. The van der Waals surface area contributed by atoms with Gasteiger partial charge in [0.15, 0.2) is 6.61 Å². The monoisotopic (exact) mass is 475 g/mol. The van der Waals surface area contributed by atoms with Crippen LogP contribution in [0, 0.1) is 12.3 Å². The summed E-state index contributed by atoms with van der Waals surface area (Å²) in [4.78, 5) is 28.9. The summed E-state index contributed by atoms with van der Waals surface area (Å²) in [5.74, 6) is -1.54. The normalized spacial score (nSPS) is 12.2. The number of nitrogens with one attached hydrogen (secondary N) is 3. The third-order valence-corrected chi connectivity index (χ3v) is 5.75. The first-order chi connectivity index (χ1) is 15.6. The van der Waals surface area contributed by atoms with Crippen molar-refractivity contribution in [2.75, 3.05) is 20.3 Å². The molecular weight excluding hydrogens is 450 g/mol. The third-order valence-electron chi connectivity index (χ3n) is 4.28. The highest BCUT2D eigenvalue weighted by Crippen LogP contribution is 2.11. The van der Waals surface area contributed by atoms with Gasteiger partial charge in [-0.05, 0) is 30.2 Å². The molecule has 0 unspecified atom stereocenters. The number of oxime groups is 1. The molecule has 2 aromatic rings. The van der Waals surface area contributed by atoms with Crippen LogP contribution in [0.25, 0.3) is 0 Å². The summed E-state index contributed by atoms with van der Waals surface area (Å²) in [6.45, 7) is 0.928. The largest absolute Gasteiger partial charge is 0.468 e. The number of hydrogen-bond donors (Lipinski definition) is 4. The van der Waals surface area contributed by atoms with Crippen molar-refractivity contribution in [1.29, 1.82) is 5.41 Å². The zero-order valence-electron chi connectivity index (χ0n) is 18.1. The van der Waals surface area contributed by atoms with E-state index >= 15 is 0 Å². The molecule has 2 aromatic carbocycles. The maximum atomic E-state index is 12.6. The van der Waals surface area contributed by atoms with Crippen molar-refractivity contribution < 1.29 is 27.6 Å². The first kappa shape index (κ1) is 25.5. The second kappa shape index (κ2) is 11.7. The molecular formula is C21H25N5O6S. The highest BCUT2D eigenvalue weighted by Gasteiger charge is 2.27. The molecule has 0 aliphatic carbocycles. The van der Waals surface area contributed by atoms with Gasteiger partial charge in [-0.15, -0.1) is 0 Å². The number of amidine groups is 1. The van der Waals surface area contributed by atoms with Gasteiger partial charge in [-0.1, -0.05) is 41.6 Å². The van der Waals surface area contributed by atoms with E-state index in [1.165, 1.54) is 18.3 Å². The second-order valence-corrected chi connectivity index (χ2v) is 8.58. The van der Waals surface area contributed by atoms with Crippen LogP contribution in [0.1, 0.15) is 16.7 Å². The maximum Gasteiger partial charge on any atom is 0.325 e. The third kappa shape index (κ3) is 8.01. The zero-order chi connectivity index (χ0) is 24.4. The Labute approximate surface area is 191 Å². The number of nitrogens with two attached hydrogens (primary N) is 1. The minimum atomic E-state index is -4.02. The van der Waals surface area contributed by atoms with E-state index in [0.717, 1.165) is 12.7 Å². The van der Waals surface area contributed by atoms with Gasteiger partial charge in [0.25, 0.3) is 5.91 Å². The summed E-state index contributed by atoms with van der Waals surface area (Å²) in [7, 11) is -2.91. The summed E-state index contributed by atoms with van der Waals surface area (Å²) in [5.41, 5.74) is 7.33. The van der Waals surface area contributed by atoms with E-state index < -0.39 is 34.5 Å². The van der Waals surface area contributed by atoms with Gasteiger partial charge in [0.1, 0.15) is 11.9 Å². The van der Waals surface area contributed by atoms with Crippen LogP contribution in [0.3, 0.4) is 0 Å². The van der Waals surface area contributed by atoms with Crippen molar-refractivity contribution in [3.63, 3.8) is 0 Å². The van der Waals surface area contributed by atoms with Crippen molar-refractivity contribution in [3.8, 4) is 0 Å². The smallest absolute Gasteiger partial charge is 0.325 e. The Kier molecular flexibility index (Phi) is 9.07. The molecule has 0 radical (unpaired) electrons. The molecule has 1 amide bonds. The minimum absolute atomic E-state index is 0.0169. The fraction of sp³-hybridized carbons (Fsp3) is 0.238. The molecule has 5 N–H and O–H groups in total. The molecule has 1 atom stereocenters. The topological polar surface area (TPSA) is 173 Å². The lowest BCUT2D eigenvalue weighted by molar-refractivity contribution is -0.142. The van der Waals surface area contributed by atoms with E-state index in [4.69, 9.17) is 16.0 Å². The summed E-state index contributed by atoms with van der Waals surface area (Å²) < 4.78 is 32.0. The van der Waals surface area contributed by atoms with Crippen molar-refractivity contribution in [3.05, 3.63) is 65.2 Å². The number of hydrogen-bond acceptors (Lipinski definition) is 8. The van der Waals surface area contributed by atoms with Crippen LogP contribution < -0.4 is 15.8 Å². The van der Waals surface area contributed by atoms with E-state index in [1.807, 2.05) is 0 Å². The van der Waals surface area contributed by atoms with Crippen molar-refractivity contribution in [2.24, 2.45) is 10.9 Å². The molecule has 0 heterocycles. The Morgan fingerprint density at radius 3 is 2.52 bits per heavy atom. The average molecular weight is 476 g/mol. The molecule has 0 saturated heterocycles. The highest BCUT2D eigenvalue weighted by atomic mass is 32.2. The summed E-state index contributed by atoms with van der Waals surface area (Å²) >= 11 is 0. The van der Waals surface area contributed by atoms with Gasteiger partial charge in [-0.2, -0.15) is 4.72 Å². The molecule has 0 aliphatic rings. The Morgan fingerprint density at radius 2 is 1.91 bits per heavy atom. The Hall–Kier alpha value is -3.77.